The van der Waals surface area contributed by atoms with E-state index in [1.165, 1.54) is 25.7 Å². The summed E-state index contributed by atoms with van der Waals surface area (Å²) < 4.78 is 26.7. The fourth-order valence-electron chi connectivity index (χ4n) is 1.91. The molecule has 1 aliphatic rings. The maximum atomic E-state index is 10.6. The Morgan fingerprint density at radius 1 is 1.20 bits per heavy atom. The first kappa shape index (κ1) is 13.3. The normalized spacial score (nSPS) is 18.5. The lowest BCUT2D eigenvalue weighted by molar-refractivity contribution is 0.0991. The fourth-order valence-corrected chi connectivity index (χ4v) is 2.78. The minimum Gasteiger partial charge on any atom is -0.381 e. The van der Waals surface area contributed by atoms with Crippen molar-refractivity contribution in [1.29, 1.82) is 0 Å². The van der Waals surface area contributed by atoms with Crippen LogP contribution in [-0.4, -0.2) is 27.4 Å². The Balaban J connectivity index is 1.89. The van der Waals surface area contributed by atoms with E-state index >= 15 is 0 Å². The van der Waals surface area contributed by atoms with Gasteiger partial charge in [0.2, 0.25) is 9.05 Å². The summed E-state index contributed by atoms with van der Waals surface area (Å²) in [4.78, 5) is 0. The zero-order valence-corrected chi connectivity index (χ0v) is 10.5. The van der Waals surface area contributed by atoms with Crippen LogP contribution in [0, 0.1) is 5.92 Å². The van der Waals surface area contributed by atoms with Gasteiger partial charge in [-0.1, -0.05) is 12.8 Å². The summed E-state index contributed by atoms with van der Waals surface area (Å²) >= 11 is 0. The van der Waals surface area contributed by atoms with Gasteiger partial charge in [0.25, 0.3) is 0 Å². The first-order valence-corrected chi connectivity index (χ1v) is 8.06. The minimum absolute atomic E-state index is 0.0569. The molecule has 0 aromatic heterocycles. The molecule has 0 N–H and O–H groups in total. The molecule has 1 rings (SSSR count). The summed E-state index contributed by atoms with van der Waals surface area (Å²) in [6.07, 6.45) is 6.61. The molecule has 5 heteroatoms. The predicted molar refractivity (Wildman–Crippen MR) is 61.7 cm³/mol. The molecule has 0 spiro atoms. The third-order valence-corrected chi connectivity index (χ3v) is 3.99. The van der Waals surface area contributed by atoms with Gasteiger partial charge in [-0.05, 0) is 31.6 Å². The van der Waals surface area contributed by atoms with Crippen LogP contribution >= 0.6 is 10.7 Å². The third-order valence-electron chi connectivity index (χ3n) is 2.76. The molecule has 0 saturated heterocycles. The standard InChI is InChI=1S/C10H19ClO3S/c11-15(12,13)8-4-3-7-14-9-10-5-1-2-6-10/h10H,1-9H2. The van der Waals surface area contributed by atoms with Gasteiger partial charge in [-0.3, -0.25) is 0 Å². The zero-order chi connectivity index (χ0) is 11.1. The van der Waals surface area contributed by atoms with E-state index in [0.29, 0.717) is 13.0 Å². The van der Waals surface area contributed by atoms with Crippen LogP contribution in [-0.2, 0) is 13.8 Å². The summed E-state index contributed by atoms with van der Waals surface area (Å²) in [6.45, 7) is 1.50. The SMILES string of the molecule is O=S(=O)(Cl)CCCCOCC1CCCC1. The summed E-state index contributed by atoms with van der Waals surface area (Å²) in [5, 5.41) is 0. The Morgan fingerprint density at radius 3 is 2.47 bits per heavy atom. The van der Waals surface area contributed by atoms with Crippen LogP contribution < -0.4 is 0 Å². The second-order valence-electron chi connectivity index (χ2n) is 4.18. The molecule has 0 heterocycles. The first-order chi connectivity index (χ1) is 7.08. The van der Waals surface area contributed by atoms with Crippen molar-refractivity contribution in [2.24, 2.45) is 5.92 Å². The molecule has 3 nitrogen and oxygen atoms in total. The smallest absolute Gasteiger partial charge is 0.232 e. The van der Waals surface area contributed by atoms with Crippen molar-refractivity contribution < 1.29 is 13.2 Å². The van der Waals surface area contributed by atoms with Crippen molar-refractivity contribution in [3.05, 3.63) is 0 Å². The monoisotopic (exact) mass is 254 g/mol. The molecule has 90 valence electrons. The van der Waals surface area contributed by atoms with Crippen molar-refractivity contribution in [2.75, 3.05) is 19.0 Å². The van der Waals surface area contributed by atoms with Crippen molar-refractivity contribution in [2.45, 2.75) is 38.5 Å². The number of hydrogen-bond acceptors (Lipinski definition) is 3. The Hall–Kier alpha value is 0.200. The van der Waals surface area contributed by atoms with E-state index in [4.69, 9.17) is 15.4 Å². The fraction of sp³-hybridized carbons (Fsp3) is 1.00. The number of rotatable bonds is 7. The molecule has 1 aliphatic carbocycles. The lowest BCUT2D eigenvalue weighted by atomic mass is 10.1. The van der Waals surface area contributed by atoms with Gasteiger partial charge < -0.3 is 4.74 Å². The van der Waals surface area contributed by atoms with Crippen molar-refractivity contribution in [1.82, 2.24) is 0 Å². The number of hydrogen-bond donors (Lipinski definition) is 0. The predicted octanol–water partition coefficient (Wildman–Crippen LogP) is 2.54. The molecular weight excluding hydrogens is 236 g/mol. The van der Waals surface area contributed by atoms with E-state index in [-0.39, 0.29) is 5.75 Å². The molecule has 0 amide bonds. The molecule has 1 fully saturated rings. The van der Waals surface area contributed by atoms with E-state index in [1.807, 2.05) is 0 Å². The molecule has 0 aromatic carbocycles. The highest BCUT2D eigenvalue weighted by atomic mass is 35.7. The highest BCUT2D eigenvalue weighted by Gasteiger charge is 2.14. The molecule has 0 aliphatic heterocycles. The summed E-state index contributed by atoms with van der Waals surface area (Å²) in [7, 11) is 1.77. The molecule has 0 unspecified atom stereocenters. The van der Waals surface area contributed by atoms with Gasteiger partial charge in [-0.2, -0.15) is 0 Å². The van der Waals surface area contributed by atoms with E-state index < -0.39 is 9.05 Å². The molecule has 0 radical (unpaired) electrons. The van der Waals surface area contributed by atoms with Gasteiger partial charge in [0.05, 0.1) is 5.75 Å². The highest BCUT2D eigenvalue weighted by molar-refractivity contribution is 8.13. The topological polar surface area (TPSA) is 43.4 Å². The van der Waals surface area contributed by atoms with Crippen LogP contribution in [0.4, 0.5) is 0 Å². The largest absolute Gasteiger partial charge is 0.381 e. The number of ether oxygens (including phenoxy) is 1. The number of halogens is 1. The van der Waals surface area contributed by atoms with Crippen LogP contribution in [0.3, 0.4) is 0 Å². The second-order valence-corrected chi connectivity index (χ2v) is 7.07. The summed E-state index contributed by atoms with van der Waals surface area (Å²) in [5.74, 6) is 0.795. The molecule has 0 atom stereocenters. The average molecular weight is 255 g/mol. The quantitative estimate of drug-likeness (QED) is 0.518. The van der Waals surface area contributed by atoms with E-state index in [2.05, 4.69) is 0 Å². The Morgan fingerprint density at radius 2 is 1.87 bits per heavy atom. The first-order valence-electron chi connectivity index (χ1n) is 5.58. The Kier molecular flexibility index (Phi) is 5.94. The van der Waals surface area contributed by atoms with Crippen LogP contribution in [0.15, 0.2) is 0 Å². The van der Waals surface area contributed by atoms with Gasteiger partial charge in [0, 0.05) is 23.9 Å². The molecule has 0 aromatic rings. The second kappa shape index (κ2) is 6.71. The average Bonchev–Trinajstić information content (AvgIpc) is 2.61. The molecule has 1 saturated carbocycles. The van der Waals surface area contributed by atoms with E-state index in [0.717, 1.165) is 18.9 Å². The summed E-state index contributed by atoms with van der Waals surface area (Å²) in [6, 6.07) is 0. The van der Waals surface area contributed by atoms with E-state index in [9.17, 15) is 8.42 Å². The van der Waals surface area contributed by atoms with Crippen molar-refractivity contribution in [3.8, 4) is 0 Å². The van der Waals surface area contributed by atoms with Crippen LogP contribution in [0.5, 0.6) is 0 Å². The van der Waals surface area contributed by atoms with Crippen LogP contribution in [0.25, 0.3) is 0 Å². The van der Waals surface area contributed by atoms with Crippen LogP contribution in [0.1, 0.15) is 38.5 Å². The van der Waals surface area contributed by atoms with Gasteiger partial charge in [0.1, 0.15) is 0 Å². The lowest BCUT2D eigenvalue weighted by Gasteiger charge is -2.09. The third kappa shape index (κ3) is 7.14. The maximum Gasteiger partial charge on any atom is 0.232 e. The van der Waals surface area contributed by atoms with Gasteiger partial charge >= 0.3 is 0 Å². The maximum absolute atomic E-state index is 10.6. The van der Waals surface area contributed by atoms with Gasteiger partial charge in [-0.25, -0.2) is 8.42 Å². The summed E-state index contributed by atoms with van der Waals surface area (Å²) in [5.41, 5.74) is 0. The lowest BCUT2D eigenvalue weighted by Crippen LogP contribution is -2.07. The van der Waals surface area contributed by atoms with Crippen molar-refractivity contribution in [3.63, 3.8) is 0 Å². The van der Waals surface area contributed by atoms with Gasteiger partial charge in [0.15, 0.2) is 0 Å². The van der Waals surface area contributed by atoms with Crippen molar-refractivity contribution >= 4 is 19.7 Å². The minimum atomic E-state index is -3.31. The van der Waals surface area contributed by atoms with Gasteiger partial charge in [-0.15, -0.1) is 0 Å². The molecular formula is C10H19ClO3S. The number of unbranched alkanes of at least 4 members (excludes halogenated alkanes) is 1. The molecule has 0 bridgehead atoms. The Bertz CT molecular complexity index is 258. The molecule has 15 heavy (non-hydrogen) atoms. The Labute approximate surface area is 96.6 Å². The highest BCUT2D eigenvalue weighted by Crippen LogP contribution is 2.24. The van der Waals surface area contributed by atoms with Crippen LogP contribution in [0.2, 0.25) is 0 Å². The van der Waals surface area contributed by atoms with E-state index in [1.54, 1.807) is 0 Å². The zero-order valence-electron chi connectivity index (χ0n) is 8.95.